The molecular formula is C28H32N4O2. The van der Waals surface area contributed by atoms with Crippen LogP contribution in [0, 0.1) is 0 Å². The van der Waals surface area contributed by atoms with E-state index in [1.54, 1.807) is 6.92 Å². The maximum absolute atomic E-state index is 12.5. The molecule has 0 saturated carbocycles. The number of nitrogens with zero attached hydrogens (tertiary/aromatic N) is 1. The minimum atomic E-state index is -0.0984. The average molecular weight is 457 g/mol. The van der Waals surface area contributed by atoms with Gasteiger partial charge in [0.25, 0.3) is 0 Å². The van der Waals surface area contributed by atoms with Crippen molar-refractivity contribution in [2.75, 3.05) is 22.6 Å². The lowest BCUT2D eigenvalue weighted by atomic mass is 9.88. The van der Waals surface area contributed by atoms with E-state index in [9.17, 15) is 9.59 Å². The molecule has 3 aromatic rings. The van der Waals surface area contributed by atoms with Crippen molar-refractivity contribution in [3.8, 4) is 11.1 Å². The second-order valence-corrected chi connectivity index (χ2v) is 8.93. The molecule has 2 unspecified atom stereocenters. The number of amides is 2. The molecule has 34 heavy (non-hydrogen) atoms. The summed E-state index contributed by atoms with van der Waals surface area (Å²) in [7, 11) is 1.94. The van der Waals surface area contributed by atoms with Crippen LogP contribution in [0.5, 0.6) is 0 Å². The number of hydrogen-bond acceptors (Lipinski definition) is 4. The lowest BCUT2D eigenvalue weighted by molar-refractivity contribution is -0.117. The van der Waals surface area contributed by atoms with E-state index in [1.807, 2.05) is 48.3 Å². The van der Waals surface area contributed by atoms with Crippen LogP contribution in [-0.4, -0.2) is 24.9 Å². The highest BCUT2D eigenvalue weighted by atomic mass is 16.2. The Hall–Kier alpha value is -3.64. The van der Waals surface area contributed by atoms with E-state index >= 15 is 0 Å². The Labute approximate surface area is 201 Å². The molecule has 6 heteroatoms. The van der Waals surface area contributed by atoms with E-state index < -0.39 is 0 Å². The molecule has 6 nitrogen and oxygen atoms in total. The van der Waals surface area contributed by atoms with Crippen molar-refractivity contribution in [3.63, 3.8) is 0 Å². The Morgan fingerprint density at radius 1 is 0.941 bits per heavy atom. The maximum Gasteiger partial charge on any atom is 0.224 e. The van der Waals surface area contributed by atoms with Gasteiger partial charge in [-0.2, -0.15) is 0 Å². The van der Waals surface area contributed by atoms with Gasteiger partial charge in [0, 0.05) is 43.5 Å². The van der Waals surface area contributed by atoms with Crippen LogP contribution < -0.4 is 20.9 Å². The molecule has 2 amide bonds. The molecule has 0 fully saturated rings. The molecule has 3 N–H and O–H groups in total. The van der Waals surface area contributed by atoms with Crippen LogP contribution in [0.25, 0.3) is 11.1 Å². The first-order chi connectivity index (χ1) is 16.4. The number of nitrogens with one attached hydrogen (secondary N) is 3. The number of fused-ring (bicyclic) bond motifs is 1. The number of carbonyl (C=O) groups excluding carboxylic acids is 2. The fraction of sp³-hybridized carbons (Fsp3) is 0.286. The molecule has 4 rings (SSSR count). The zero-order valence-electron chi connectivity index (χ0n) is 20.2. The monoisotopic (exact) mass is 456 g/mol. The Bertz CT molecular complexity index is 1190. The van der Waals surface area contributed by atoms with Crippen LogP contribution in [0.2, 0.25) is 0 Å². The molecule has 0 aromatic heterocycles. The van der Waals surface area contributed by atoms with Gasteiger partial charge in [-0.1, -0.05) is 30.3 Å². The van der Waals surface area contributed by atoms with Gasteiger partial charge in [-0.25, -0.2) is 0 Å². The summed E-state index contributed by atoms with van der Waals surface area (Å²) in [5.41, 5.74) is 7.13. The maximum atomic E-state index is 12.5. The summed E-state index contributed by atoms with van der Waals surface area (Å²) in [4.78, 5) is 25.9. The van der Waals surface area contributed by atoms with Crippen molar-refractivity contribution >= 4 is 28.9 Å². The molecule has 1 aliphatic heterocycles. The van der Waals surface area contributed by atoms with Crippen LogP contribution in [0.4, 0.5) is 17.1 Å². The zero-order chi connectivity index (χ0) is 24.2. The summed E-state index contributed by atoms with van der Waals surface area (Å²) in [5, 5.41) is 9.72. The lowest BCUT2D eigenvalue weighted by Gasteiger charge is -2.39. The highest BCUT2D eigenvalue weighted by molar-refractivity contribution is 5.94. The highest BCUT2D eigenvalue weighted by Crippen LogP contribution is 2.41. The minimum Gasteiger partial charge on any atom is -0.378 e. The van der Waals surface area contributed by atoms with Gasteiger partial charge in [-0.05, 0) is 79.0 Å². The Morgan fingerprint density at radius 3 is 2.35 bits per heavy atom. The number of benzene rings is 3. The molecule has 1 heterocycles. The molecule has 176 valence electrons. The van der Waals surface area contributed by atoms with Crippen LogP contribution in [-0.2, 0) is 16.1 Å². The first-order valence-electron chi connectivity index (χ1n) is 11.7. The summed E-state index contributed by atoms with van der Waals surface area (Å²) in [6.07, 6.45) is 0.806. The quantitative estimate of drug-likeness (QED) is 0.469. The Balaban J connectivity index is 1.71. The largest absolute Gasteiger partial charge is 0.378 e. The number of carbonyl (C=O) groups is 2. The van der Waals surface area contributed by atoms with Gasteiger partial charge in [-0.3, -0.25) is 9.59 Å². The van der Waals surface area contributed by atoms with Crippen LogP contribution in [0.1, 0.15) is 44.4 Å². The predicted molar refractivity (Wildman–Crippen MR) is 139 cm³/mol. The molecule has 2 atom stereocenters. The third-order valence-electron chi connectivity index (χ3n) is 6.21. The van der Waals surface area contributed by atoms with E-state index in [4.69, 9.17) is 0 Å². The second-order valence-electron chi connectivity index (χ2n) is 8.93. The smallest absolute Gasteiger partial charge is 0.224 e. The summed E-state index contributed by atoms with van der Waals surface area (Å²) < 4.78 is 0. The molecule has 3 aromatic carbocycles. The van der Waals surface area contributed by atoms with Gasteiger partial charge >= 0.3 is 0 Å². The Kier molecular flexibility index (Phi) is 6.98. The summed E-state index contributed by atoms with van der Waals surface area (Å²) >= 11 is 0. The molecule has 0 radical (unpaired) electrons. The number of anilines is 3. The van der Waals surface area contributed by atoms with E-state index in [1.165, 1.54) is 12.5 Å². The van der Waals surface area contributed by atoms with Gasteiger partial charge in [0.1, 0.15) is 0 Å². The normalized spacial score (nSPS) is 17.1. The molecule has 0 spiro atoms. The van der Waals surface area contributed by atoms with Crippen molar-refractivity contribution in [2.24, 2.45) is 0 Å². The van der Waals surface area contributed by atoms with Gasteiger partial charge in [0.05, 0.1) is 6.04 Å². The van der Waals surface area contributed by atoms with Gasteiger partial charge in [0.15, 0.2) is 0 Å². The fourth-order valence-electron chi connectivity index (χ4n) is 4.76. The number of hydrogen-bond donors (Lipinski definition) is 3. The molecule has 0 saturated heterocycles. The number of rotatable bonds is 6. The van der Waals surface area contributed by atoms with Gasteiger partial charge < -0.3 is 20.9 Å². The van der Waals surface area contributed by atoms with Gasteiger partial charge in [0.2, 0.25) is 11.8 Å². The van der Waals surface area contributed by atoms with E-state index in [0.717, 1.165) is 46.7 Å². The topological polar surface area (TPSA) is 73.5 Å². The molecule has 1 aliphatic rings. The Morgan fingerprint density at radius 2 is 1.68 bits per heavy atom. The highest BCUT2D eigenvalue weighted by Gasteiger charge is 2.32. The third kappa shape index (κ3) is 5.13. The first kappa shape index (κ1) is 23.5. The second kappa shape index (κ2) is 10.1. The van der Waals surface area contributed by atoms with E-state index in [-0.39, 0.29) is 23.9 Å². The molecule has 0 aliphatic carbocycles. The van der Waals surface area contributed by atoms with Crippen LogP contribution in [0.3, 0.4) is 0 Å². The third-order valence-corrected chi connectivity index (χ3v) is 6.21. The average Bonchev–Trinajstić information content (AvgIpc) is 2.80. The minimum absolute atomic E-state index is 0.0454. The first-order valence-corrected chi connectivity index (χ1v) is 11.7. The molecule has 0 bridgehead atoms. The predicted octanol–water partition coefficient (Wildman–Crippen LogP) is 5.33. The summed E-state index contributed by atoms with van der Waals surface area (Å²) in [6.45, 7) is 6.06. The SMILES string of the molecule is CNCc1ccc(NC2CC(C)N(C(C)=O)c3ccc(-c4cccc(NC(C)=O)c4)cc32)cc1. The lowest BCUT2D eigenvalue weighted by Crippen LogP contribution is -2.43. The van der Waals surface area contributed by atoms with Crippen molar-refractivity contribution < 1.29 is 9.59 Å². The fourth-order valence-corrected chi connectivity index (χ4v) is 4.76. The van der Waals surface area contributed by atoms with Gasteiger partial charge in [-0.15, -0.1) is 0 Å². The van der Waals surface area contributed by atoms with Crippen LogP contribution >= 0.6 is 0 Å². The van der Waals surface area contributed by atoms with E-state index in [2.05, 4.69) is 53.2 Å². The van der Waals surface area contributed by atoms with Crippen LogP contribution in [0.15, 0.2) is 66.7 Å². The zero-order valence-corrected chi connectivity index (χ0v) is 20.2. The van der Waals surface area contributed by atoms with Crippen molar-refractivity contribution in [3.05, 3.63) is 77.9 Å². The van der Waals surface area contributed by atoms with E-state index in [0.29, 0.717) is 0 Å². The summed E-state index contributed by atoms with van der Waals surface area (Å²) in [6, 6.07) is 22.7. The summed E-state index contributed by atoms with van der Waals surface area (Å²) in [5.74, 6) is -0.0531. The molecular weight excluding hydrogens is 424 g/mol. The van der Waals surface area contributed by atoms with Crippen molar-refractivity contribution in [1.82, 2.24) is 5.32 Å². The van der Waals surface area contributed by atoms with Crippen molar-refractivity contribution in [1.29, 1.82) is 0 Å². The van der Waals surface area contributed by atoms with Crippen molar-refractivity contribution in [2.45, 2.75) is 45.8 Å². The standard InChI is InChI=1S/C28H32N4O2/c1-18-14-27(31-24-11-8-21(9-12-24)17-29-4)26-16-23(10-13-28(26)32(18)20(3)34)22-6-5-7-25(15-22)30-19(2)33/h5-13,15-16,18,27,29,31H,14,17H2,1-4H3,(H,30,33).